The maximum absolute atomic E-state index is 13.2. The van der Waals surface area contributed by atoms with Crippen molar-refractivity contribution >= 4 is 23.4 Å². The van der Waals surface area contributed by atoms with E-state index >= 15 is 0 Å². The Bertz CT molecular complexity index is 841. The molecule has 1 aromatic heterocycles. The van der Waals surface area contributed by atoms with Gasteiger partial charge in [-0.1, -0.05) is 49.1 Å². The quantitative estimate of drug-likeness (QED) is 0.872. The van der Waals surface area contributed by atoms with Crippen LogP contribution in [0.15, 0.2) is 42.6 Å². The largest absolute Gasteiger partial charge is 0.351 e. The Morgan fingerprint density at radius 2 is 1.89 bits per heavy atom. The number of amides is 2. The SMILES string of the molecule is O=C(NC1CCCCC1)[C@H]1c2cccn2CC(=O)N1Cc1ccccc1Cl. The molecular weight excluding hydrogens is 362 g/mol. The van der Waals surface area contributed by atoms with Crippen molar-refractivity contribution in [3.63, 3.8) is 0 Å². The number of nitrogens with one attached hydrogen (secondary N) is 1. The van der Waals surface area contributed by atoms with E-state index in [9.17, 15) is 9.59 Å². The van der Waals surface area contributed by atoms with E-state index in [1.54, 1.807) is 4.90 Å². The lowest BCUT2D eigenvalue weighted by molar-refractivity contribution is -0.144. The molecule has 0 saturated heterocycles. The van der Waals surface area contributed by atoms with E-state index in [1.165, 1.54) is 6.42 Å². The fraction of sp³-hybridized carbons (Fsp3) is 0.429. The summed E-state index contributed by atoms with van der Waals surface area (Å²) in [5.74, 6) is -0.163. The molecule has 2 amide bonds. The summed E-state index contributed by atoms with van der Waals surface area (Å²) in [6.07, 6.45) is 7.41. The van der Waals surface area contributed by atoms with Gasteiger partial charge in [-0.05, 0) is 36.6 Å². The smallest absolute Gasteiger partial charge is 0.249 e. The zero-order valence-electron chi connectivity index (χ0n) is 15.2. The van der Waals surface area contributed by atoms with Gasteiger partial charge >= 0.3 is 0 Å². The maximum atomic E-state index is 13.2. The molecule has 1 aliphatic carbocycles. The van der Waals surface area contributed by atoms with Crippen molar-refractivity contribution in [3.05, 3.63) is 58.9 Å². The monoisotopic (exact) mass is 385 g/mol. The molecular formula is C21H24ClN3O2. The van der Waals surface area contributed by atoms with Gasteiger partial charge in [-0.3, -0.25) is 9.59 Å². The molecule has 2 aromatic rings. The second kappa shape index (κ2) is 7.77. The number of halogens is 1. The van der Waals surface area contributed by atoms with E-state index in [1.807, 2.05) is 47.2 Å². The Kier molecular flexibility index (Phi) is 5.21. The number of hydrogen-bond acceptors (Lipinski definition) is 2. The van der Waals surface area contributed by atoms with E-state index in [0.717, 1.165) is 36.9 Å². The van der Waals surface area contributed by atoms with Crippen LogP contribution in [0, 0.1) is 0 Å². The summed E-state index contributed by atoms with van der Waals surface area (Å²) in [5, 5.41) is 3.80. The fourth-order valence-corrected chi connectivity index (χ4v) is 4.35. The molecule has 1 atom stereocenters. The first-order chi connectivity index (χ1) is 13.1. The molecule has 5 nitrogen and oxygen atoms in total. The number of rotatable bonds is 4. The van der Waals surface area contributed by atoms with Crippen LogP contribution >= 0.6 is 11.6 Å². The lowest BCUT2D eigenvalue weighted by Gasteiger charge is -2.37. The Labute approximate surface area is 164 Å². The van der Waals surface area contributed by atoms with Crippen molar-refractivity contribution in [3.8, 4) is 0 Å². The summed E-state index contributed by atoms with van der Waals surface area (Å²) in [7, 11) is 0. The number of fused-ring (bicyclic) bond motifs is 1. The molecule has 0 spiro atoms. The van der Waals surface area contributed by atoms with Gasteiger partial charge in [0.2, 0.25) is 11.8 Å². The van der Waals surface area contributed by atoms with Gasteiger partial charge in [0.05, 0.1) is 5.69 Å². The number of benzene rings is 1. The highest BCUT2D eigenvalue weighted by atomic mass is 35.5. The van der Waals surface area contributed by atoms with Crippen LogP contribution in [0.4, 0.5) is 0 Å². The molecule has 0 radical (unpaired) electrons. The zero-order chi connectivity index (χ0) is 18.8. The van der Waals surface area contributed by atoms with Crippen LogP contribution in [0.1, 0.15) is 49.4 Å². The van der Waals surface area contributed by atoms with E-state index in [2.05, 4.69) is 5.32 Å². The Morgan fingerprint density at radius 1 is 1.11 bits per heavy atom. The first-order valence-electron chi connectivity index (χ1n) is 9.62. The zero-order valence-corrected chi connectivity index (χ0v) is 16.0. The third-order valence-corrected chi connectivity index (χ3v) is 5.95. The van der Waals surface area contributed by atoms with Gasteiger partial charge in [0.1, 0.15) is 6.54 Å². The van der Waals surface area contributed by atoms with Crippen molar-refractivity contribution < 1.29 is 9.59 Å². The third-order valence-electron chi connectivity index (χ3n) is 5.58. The summed E-state index contributed by atoms with van der Waals surface area (Å²) < 4.78 is 1.87. The Morgan fingerprint density at radius 3 is 2.67 bits per heavy atom. The van der Waals surface area contributed by atoms with E-state index in [-0.39, 0.29) is 24.4 Å². The number of hydrogen-bond donors (Lipinski definition) is 1. The highest BCUT2D eigenvalue weighted by Gasteiger charge is 2.38. The minimum Gasteiger partial charge on any atom is -0.351 e. The summed E-state index contributed by atoms with van der Waals surface area (Å²) in [6, 6.07) is 10.9. The maximum Gasteiger partial charge on any atom is 0.249 e. The fourth-order valence-electron chi connectivity index (χ4n) is 4.15. The number of aromatic nitrogens is 1. The average Bonchev–Trinajstić information content (AvgIpc) is 3.12. The second-order valence-corrected chi connectivity index (χ2v) is 7.83. The van der Waals surface area contributed by atoms with Gasteiger partial charge in [0.15, 0.2) is 6.04 Å². The lowest BCUT2D eigenvalue weighted by atomic mass is 9.95. The minimum atomic E-state index is -0.626. The molecule has 6 heteroatoms. The summed E-state index contributed by atoms with van der Waals surface area (Å²) >= 11 is 6.31. The van der Waals surface area contributed by atoms with Crippen LogP contribution in [0.2, 0.25) is 5.02 Å². The Balaban J connectivity index is 1.62. The molecule has 27 heavy (non-hydrogen) atoms. The van der Waals surface area contributed by atoms with Crippen LogP contribution in [-0.4, -0.2) is 27.3 Å². The molecule has 2 aliphatic rings. The van der Waals surface area contributed by atoms with Gasteiger partial charge in [-0.2, -0.15) is 0 Å². The predicted octanol–water partition coefficient (Wildman–Crippen LogP) is 3.67. The van der Waals surface area contributed by atoms with Crippen molar-refractivity contribution in [2.45, 2.75) is 57.3 Å². The van der Waals surface area contributed by atoms with Gasteiger partial charge in [-0.25, -0.2) is 0 Å². The number of nitrogens with zero attached hydrogens (tertiary/aromatic N) is 2. The van der Waals surface area contributed by atoms with E-state index in [0.29, 0.717) is 11.6 Å². The van der Waals surface area contributed by atoms with Crippen molar-refractivity contribution in [2.24, 2.45) is 0 Å². The lowest BCUT2D eigenvalue weighted by Crippen LogP contribution is -2.50. The van der Waals surface area contributed by atoms with Crippen molar-refractivity contribution in [1.82, 2.24) is 14.8 Å². The van der Waals surface area contributed by atoms with Crippen LogP contribution in [0.5, 0.6) is 0 Å². The second-order valence-electron chi connectivity index (χ2n) is 7.42. The molecule has 4 rings (SSSR count). The summed E-state index contributed by atoms with van der Waals surface area (Å²) in [4.78, 5) is 27.7. The highest BCUT2D eigenvalue weighted by Crippen LogP contribution is 2.31. The van der Waals surface area contributed by atoms with Crippen LogP contribution < -0.4 is 5.32 Å². The van der Waals surface area contributed by atoms with Crippen LogP contribution in [0.25, 0.3) is 0 Å². The molecule has 2 heterocycles. The summed E-state index contributed by atoms with van der Waals surface area (Å²) in [6.45, 7) is 0.576. The first-order valence-corrected chi connectivity index (χ1v) is 9.99. The normalized spacial score (nSPS) is 20.4. The Hall–Kier alpha value is -2.27. The van der Waals surface area contributed by atoms with E-state index < -0.39 is 6.04 Å². The van der Waals surface area contributed by atoms with Gasteiger partial charge in [-0.15, -0.1) is 0 Å². The standard InChI is InChI=1S/C21H24ClN3O2/c22-17-10-5-4-7-15(17)13-25-19(26)14-24-12-6-11-18(24)20(25)21(27)23-16-8-2-1-3-9-16/h4-7,10-12,16,20H,1-3,8-9,13-14H2,(H,23,27)/t20-/m1/s1. The molecule has 142 valence electrons. The van der Waals surface area contributed by atoms with E-state index in [4.69, 9.17) is 11.6 Å². The minimum absolute atomic E-state index is 0.0672. The van der Waals surface area contributed by atoms with Gasteiger partial charge < -0.3 is 14.8 Å². The third kappa shape index (κ3) is 3.74. The van der Waals surface area contributed by atoms with Crippen LogP contribution in [0.3, 0.4) is 0 Å². The van der Waals surface area contributed by atoms with Gasteiger partial charge in [0, 0.05) is 23.8 Å². The molecule has 0 bridgehead atoms. The molecule has 1 aromatic carbocycles. The van der Waals surface area contributed by atoms with Crippen LogP contribution in [-0.2, 0) is 22.7 Å². The first kappa shape index (κ1) is 18.1. The molecule has 1 N–H and O–H groups in total. The molecule has 0 unspecified atom stereocenters. The molecule has 1 aliphatic heterocycles. The van der Waals surface area contributed by atoms with Crippen molar-refractivity contribution in [1.29, 1.82) is 0 Å². The predicted molar refractivity (Wildman–Crippen MR) is 104 cm³/mol. The topological polar surface area (TPSA) is 54.3 Å². The molecule has 1 fully saturated rings. The van der Waals surface area contributed by atoms with Crippen molar-refractivity contribution in [2.75, 3.05) is 0 Å². The highest BCUT2D eigenvalue weighted by molar-refractivity contribution is 6.31. The molecule has 1 saturated carbocycles. The van der Waals surface area contributed by atoms with Gasteiger partial charge in [0.25, 0.3) is 0 Å². The number of carbonyl (C=O) groups excluding carboxylic acids is 2. The number of carbonyl (C=O) groups is 2. The summed E-state index contributed by atoms with van der Waals surface area (Å²) in [5.41, 5.74) is 1.71. The average molecular weight is 386 g/mol.